The molecule has 4 N–H and O–H groups in total. The first-order chi connectivity index (χ1) is 9.20. The molecule has 1 aliphatic carbocycles. The third kappa shape index (κ3) is 3.63. The number of amides is 1. The minimum Gasteiger partial charge on any atom is -0.399 e. The van der Waals surface area contributed by atoms with Gasteiger partial charge in [-0.25, -0.2) is 0 Å². The molecule has 1 aromatic rings. The Hall–Kier alpha value is -1.71. The van der Waals surface area contributed by atoms with Crippen molar-refractivity contribution in [2.24, 2.45) is 0 Å². The molecule has 1 aliphatic rings. The number of carbonyl (C=O) groups is 1. The number of benzene rings is 1. The van der Waals surface area contributed by atoms with Crippen molar-refractivity contribution in [1.82, 2.24) is 5.32 Å². The van der Waals surface area contributed by atoms with E-state index in [1.807, 2.05) is 13.0 Å². The molecule has 1 aromatic carbocycles. The molecule has 0 heterocycles. The fourth-order valence-electron chi connectivity index (χ4n) is 2.60. The van der Waals surface area contributed by atoms with Gasteiger partial charge in [-0.15, -0.1) is 0 Å². The number of nitrogens with one attached hydrogen (secondary N) is 2. The Labute approximate surface area is 114 Å². The zero-order valence-corrected chi connectivity index (χ0v) is 11.5. The quantitative estimate of drug-likeness (QED) is 0.730. The topological polar surface area (TPSA) is 67.2 Å². The van der Waals surface area contributed by atoms with Crippen LogP contribution in [0.25, 0.3) is 0 Å². The van der Waals surface area contributed by atoms with Crippen molar-refractivity contribution in [3.63, 3.8) is 0 Å². The van der Waals surface area contributed by atoms with Gasteiger partial charge < -0.3 is 16.4 Å². The first-order valence-corrected chi connectivity index (χ1v) is 7.15. The zero-order valence-electron chi connectivity index (χ0n) is 11.5. The fourth-order valence-corrected chi connectivity index (χ4v) is 2.60. The third-order valence-corrected chi connectivity index (χ3v) is 3.59. The predicted octanol–water partition coefficient (Wildman–Crippen LogP) is 2.76. The van der Waals surface area contributed by atoms with Crippen LogP contribution in [0.3, 0.4) is 0 Å². The van der Waals surface area contributed by atoms with Crippen molar-refractivity contribution in [1.29, 1.82) is 0 Å². The molecule has 0 unspecified atom stereocenters. The average Bonchev–Trinajstić information content (AvgIpc) is 2.40. The molecular weight excluding hydrogens is 238 g/mol. The van der Waals surface area contributed by atoms with Gasteiger partial charge in [0.2, 0.25) is 0 Å². The van der Waals surface area contributed by atoms with Gasteiger partial charge in [0.05, 0.1) is 5.56 Å². The molecule has 1 amide bonds. The van der Waals surface area contributed by atoms with Crippen molar-refractivity contribution >= 4 is 17.3 Å². The molecule has 1 saturated carbocycles. The van der Waals surface area contributed by atoms with Crippen LogP contribution in [0.5, 0.6) is 0 Å². The van der Waals surface area contributed by atoms with E-state index < -0.39 is 0 Å². The SMILES string of the molecule is CCNC(=O)c1ccc(N)cc1NC1CCCCC1. The van der Waals surface area contributed by atoms with E-state index in [1.165, 1.54) is 32.1 Å². The summed E-state index contributed by atoms with van der Waals surface area (Å²) < 4.78 is 0. The second kappa shape index (κ2) is 6.45. The van der Waals surface area contributed by atoms with Gasteiger partial charge >= 0.3 is 0 Å². The van der Waals surface area contributed by atoms with Gasteiger partial charge in [0.25, 0.3) is 5.91 Å². The predicted molar refractivity (Wildman–Crippen MR) is 79.4 cm³/mol. The fraction of sp³-hybridized carbons (Fsp3) is 0.533. The summed E-state index contributed by atoms with van der Waals surface area (Å²) in [4.78, 5) is 12.0. The minimum absolute atomic E-state index is 0.0409. The molecule has 4 heteroatoms. The Kier molecular flexibility index (Phi) is 4.66. The molecule has 1 fully saturated rings. The number of hydrogen-bond donors (Lipinski definition) is 3. The molecule has 2 rings (SSSR count). The lowest BCUT2D eigenvalue weighted by molar-refractivity contribution is 0.0956. The van der Waals surface area contributed by atoms with Crippen LogP contribution in [0, 0.1) is 0 Å². The van der Waals surface area contributed by atoms with Crippen LogP contribution in [0.2, 0.25) is 0 Å². The highest BCUT2D eigenvalue weighted by molar-refractivity contribution is 6.00. The summed E-state index contributed by atoms with van der Waals surface area (Å²) in [7, 11) is 0. The second-order valence-electron chi connectivity index (χ2n) is 5.14. The third-order valence-electron chi connectivity index (χ3n) is 3.59. The number of carbonyl (C=O) groups excluding carboxylic acids is 1. The maximum Gasteiger partial charge on any atom is 0.253 e. The first-order valence-electron chi connectivity index (χ1n) is 7.15. The van der Waals surface area contributed by atoms with Crippen molar-refractivity contribution in [3.8, 4) is 0 Å². The van der Waals surface area contributed by atoms with Crippen molar-refractivity contribution in [2.45, 2.75) is 45.1 Å². The Balaban J connectivity index is 2.16. The minimum atomic E-state index is -0.0409. The van der Waals surface area contributed by atoms with E-state index in [1.54, 1.807) is 12.1 Å². The van der Waals surface area contributed by atoms with E-state index in [2.05, 4.69) is 10.6 Å². The van der Waals surface area contributed by atoms with E-state index in [0.29, 0.717) is 23.8 Å². The monoisotopic (exact) mass is 261 g/mol. The van der Waals surface area contributed by atoms with E-state index in [0.717, 1.165) is 5.69 Å². The number of rotatable bonds is 4. The van der Waals surface area contributed by atoms with Crippen LogP contribution in [-0.4, -0.2) is 18.5 Å². The van der Waals surface area contributed by atoms with Crippen LogP contribution in [0.15, 0.2) is 18.2 Å². The summed E-state index contributed by atoms with van der Waals surface area (Å²) in [5.41, 5.74) is 8.06. The zero-order chi connectivity index (χ0) is 13.7. The van der Waals surface area contributed by atoms with Gasteiger partial charge in [-0.3, -0.25) is 4.79 Å². The summed E-state index contributed by atoms with van der Waals surface area (Å²) in [5.74, 6) is -0.0409. The number of nitrogen functional groups attached to an aromatic ring is 1. The van der Waals surface area contributed by atoms with Gasteiger partial charge in [-0.1, -0.05) is 19.3 Å². The van der Waals surface area contributed by atoms with Crippen LogP contribution in [-0.2, 0) is 0 Å². The highest BCUT2D eigenvalue weighted by Gasteiger charge is 2.17. The lowest BCUT2D eigenvalue weighted by atomic mass is 9.95. The summed E-state index contributed by atoms with van der Waals surface area (Å²) in [6, 6.07) is 5.89. The molecule has 4 nitrogen and oxygen atoms in total. The van der Waals surface area contributed by atoms with Crippen LogP contribution >= 0.6 is 0 Å². The lowest BCUT2D eigenvalue weighted by Crippen LogP contribution is -2.27. The van der Waals surface area contributed by atoms with Gasteiger partial charge in [-0.2, -0.15) is 0 Å². The average molecular weight is 261 g/mol. The molecule has 0 spiro atoms. The van der Waals surface area contributed by atoms with Crippen molar-refractivity contribution in [2.75, 3.05) is 17.6 Å². The maximum atomic E-state index is 12.0. The number of nitrogens with two attached hydrogens (primary N) is 1. The normalized spacial score (nSPS) is 16.1. The molecule has 19 heavy (non-hydrogen) atoms. The molecule has 0 atom stereocenters. The number of anilines is 2. The summed E-state index contributed by atoms with van der Waals surface area (Å²) >= 11 is 0. The van der Waals surface area contributed by atoms with Gasteiger partial charge in [-0.05, 0) is 38.0 Å². The Morgan fingerprint density at radius 3 is 2.74 bits per heavy atom. The van der Waals surface area contributed by atoms with Crippen molar-refractivity contribution in [3.05, 3.63) is 23.8 Å². The first kappa shape index (κ1) is 13.7. The Morgan fingerprint density at radius 2 is 2.05 bits per heavy atom. The van der Waals surface area contributed by atoms with Crippen LogP contribution in [0.4, 0.5) is 11.4 Å². The molecule has 0 radical (unpaired) electrons. The van der Waals surface area contributed by atoms with Gasteiger partial charge in [0.15, 0.2) is 0 Å². The van der Waals surface area contributed by atoms with Crippen molar-refractivity contribution < 1.29 is 4.79 Å². The van der Waals surface area contributed by atoms with Crippen LogP contribution < -0.4 is 16.4 Å². The highest BCUT2D eigenvalue weighted by atomic mass is 16.1. The van der Waals surface area contributed by atoms with E-state index in [4.69, 9.17) is 5.73 Å². The molecule has 0 bridgehead atoms. The smallest absolute Gasteiger partial charge is 0.253 e. The summed E-state index contributed by atoms with van der Waals surface area (Å²) in [6.07, 6.45) is 6.18. The number of hydrogen-bond acceptors (Lipinski definition) is 3. The van der Waals surface area contributed by atoms with E-state index in [-0.39, 0.29) is 5.91 Å². The highest BCUT2D eigenvalue weighted by Crippen LogP contribution is 2.25. The standard InChI is InChI=1S/C15H23N3O/c1-2-17-15(19)13-9-8-11(16)10-14(13)18-12-6-4-3-5-7-12/h8-10,12,18H,2-7,16H2,1H3,(H,17,19). The summed E-state index contributed by atoms with van der Waals surface area (Å²) in [5, 5.41) is 6.33. The molecular formula is C15H23N3O. The molecule has 0 aromatic heterocycles. The van der Waals surface area contributed by atoms with Gasteiger partial charge in [0, 0.05) is 24.0 Å². The van der Waals surface area contributed by atoms with E-state index >= 15 is 0 Å². The Morgan fingerprint density at radius 1 is 1.32 bits per heavy atom. The summed E-state index contributed by atoms with van der Waals surface area (Å²) in [6.45, 7) is 2.55. The van der Waals surface area contributed by atoms with E-state index in [9.17, 15) is 4.79 Å². The Bertz CT molecular complexity index is 439. The maximum absolute atomic E-state index is 12.0. The largest absolute Gasteiger partial charge is 0.399 e. The lowest BCUT2D eigenvalue weighted by Gasteiger charge is -2.25. The second-order valence-corrected chi connectivity index (χ2v) is 5.14. The van der Waals surface area contributed by atoms with Gasteiger partial charge in [0.1, 0.15) is 0 Å². The molecule has 104 valence electrons. The molecule has 0 aliphatic heterocycles. The van der Waals surface area contributed by atoms with Crippen LogP contribution in [0.1, 0.15) is 49.4 Å². The molecule has 0 saturated heterocycles.